The maximum absolute atomic E-state index is 9.82. The van der Waals surface area contributed by atoms with E-state index >= 15 is 0 Å². The van der Waals surface area contributed by atoms with E-state index in [9.17, 15) is 10.4 Å². The van der Waals surface area contributed by atoms with E-state index in [2.05, 4.69) is 11.1 Å². The van der Waals surface area contributed by atoms with Crippen molar-refractivity contribution in [1.29, 1.82) is 5.26 Å². The summed E-state index contributed by atoms with van der Waals surface area (Å²) in [6.07, 6.45) is 0. The molecule has 20 heavy (non-hydrogen) atoms. The first-order valence-electron chi connectivity index (χ1n) is 6.03. The summed E-state index contributed by atoms with van der Waals surface area (Å²) < 4.78 is 0. The molecule has 4 heteroatoms. The van der Waals surface area contributed by atoms with E-state index in [0.29, 0.717) is 15.5 Å². The monoisotopic (exact) mass is 278 g/mol. The van der Waals surface area contributed by atoms with Crippen LogP contribution in [0.1, 0.15) is 5.56 Å². The van der Waals surface area contributed by atoms with E-state index in [1.807, 2.05) is 36.4 Å². The van der Waals surface area contributed by atoms with Crippen LogP contribution in [0.5, 0.6) is 5.75 Å². The summed E-state index contributed by atoms with van der Waals surface area (Å²) in [7, 11) is 0. The molecule has 0 bridgehead atoms. The van der Waals surface area contributed by atoms with Gasteiger partial charge in [0.15, 0.2) is 0 Å². The summed E-state index contributed by atoms with van der Waals surface area (Å²) in [6, 6.07) is 18.7. The SMILES string of the molecule is N#Cc1cc2ccccc2nc1Sc1ccccc1O. The number of phenols is 1. The number of aromatic nitrogens is 1. The molecular weight excluding hydrogens is 268 g/mol. The molecule has 0 saturated heterocycles. The van der Waals surface area contributed by atoms with Crippen LogP contribution < -0.4 is 0 Å². The molecule has 0 atom stereocenters. The molecule has 1 aromatic heterocycles. The van der Waals surface area contributed by atoms with Crippen molar-refractivity contribution in [1.82, 2.24) is 4.98 Å². The summed E-state index contributed by atoms with van der Waals surface area (Å²) in [5.41, 5.74) is 1.35. The Kier molecular flexibility index (Phi) is 3.28. The molecule has 0 unspecified atom stereocenters. The maximum atomic E-state index is 9.82. The second-order valence-electron chi connectivity index (χ2n) is 4.22. The highest BCUT2D eigenvalue weighted by Crippen LogP contribution is 2.35. The highest BCUT2D eigenvalue weighted by Gasteiger charge is 2.10. The van der Waals surface area contributed by atoms with Gasteiger partial charge in [0.2, 0.25) is 0 Å². The lowest BCUT2D eigenvalue weighted by Gasteiger charge is -2.06. The van der Waals surface area contributed by atoms with Gasteiger partial charge in [0, 0.05) is 5.39 Å². The Hall–Kier alpha value is -2.51. The summed E-state index contributed by atoms with van der Waals surface area (Å²) in [5.74, 6) is 0.191. The van der Waals surface area contributed by atoms with Gasteiger partial charge in [-0.05, 0) is 24.3 Å². The molecule has 1 N–H and O–H groups in total. The van der Waals surface area contributed by atoms with Crippen LogP contribution in [0.15, 0.2) is 64.5 Å². The lowest BCUT2D eigenvalue weighted by molar-refractivity contribution is 0.462. The van der Waals surface area contributed by atoms with Crippen LogP contribution in [-0.4, -0.2) is 10.1 Å². The number of nitrogens with zero attached hydrogens (tertiary/aromatic N) is 2. The zero-order valence-corrected chi connectivity index (χ0v) is 11.3. The minimum absolute atomic E-state index is 0.191. The lowest BCUT2D eigenvalue weighted by Crippen LogP contribution is -1.89. The van der Waals surface area contributed by atoms with Crippen LogP contribution in [0, 0.1) is 11.3 Å². The van der Waals surface area contributed by atoms with Crippen molar-refractivity contribution >= 4 is 22.7 Å². The molecule has 3 nitrogen and oxygen atoms in total. The van der Waals surface area contributed by atoms with E-state index in [0.717, 1.165) is 10.9 Å². The molecule has 1 heterocycles. The van der Waals surface area contributed by atoms with Crippen molar-refractivity contribution in [2.24, 2.45) is 0 Å². The van der Waals surface area contributed by atoms with Gasteiger partial charge in [0.1, 0.15) is 16.8 Å². The largest absolute Gasteiger partial charge is 0.507 e. The van der Waals surface area contributed by atoms with E-state index < -0.39 is 0 Å². The van der Waals surface area contributed by atoms with Crippen molar-refractivity contribution in [3.63, 3.8) is 0 Å². The van der Waals surface area contributed by atoms with Gasteiger partial charge in [-0.1, -0.05) is 42.1 Å². The van der Waals surface area contributed by atoms with E-state index in [4.69, 9.17) is 0 Å². The molecule has 0 radical (unpaired) electrons. The van der Waals surface area contributed by atoms with Gasteiger partial charge >= 0.3 is 0 Å². The molecule has 0 fully saturated rings. The van der Waals surface area contributed by atoms with Gasteiger partial charge in [-0.2, -0.15) is 5.26 Å². The second kappa shape index (κ2) is 5.24. The Balaban J connectivity index is 2.11. The number of hydrogen-bond donors (Lipinski definition) is 1. The standard InChI is InChI=1S/C16H10N2OS/c17-10-12-9-11-5-1-2-6-13(11)18-16(12)20-15-8-4-3-7-14(15)19/h1-9,19H. The number of hydrogen-bond acceptors (Lipinski definition) is 4. The van der Waals surface area contributed by atoms with Crippen molar-refractivity contribution in [2.75, 3.05) is 0 Å². The van der Waals surface area contributed by atoms with Gasteiger partial charge in [-0.25, -0.2) is 4.98 Å². The molecular formula is C16H10N2OS. The fourth-order valence-corrected chi connectivity index (χ4v) is 2.79. The average molecular weight is 278 g/mol. The molecule has 3 rings (SSSR count). The number of para-hydroxylation sites is 2. The average Bonchev–Trinajstić information content (AvgIpc) is 2.49. The first-order valence-corrected chi connectivity index (χ1v) is 6.85. The molecule has 0 spiro atoms. The zero-order valence-electron chi connectivity index (χ0n) is 10.4. The van der Waals surface area contributed by atoms with Crippen LogP contribution in [0.25, 0.3) is 10.9 Å². The smallest absolute Gasteiger partial charge is 0.129 e. The minimum Gasteiger partial charge on any atom is -0.507 e. The van der Waals surface area contributed by atoms with Crippen molar-refractivity contribution in [3.8, 4) is 11.8 Å². The zero-order chi connectivity index (χ0) is 13.9. The van der Waals surface area contributed by atoms with Crippen LogP contribution in [0.4, 0.5) is 0 Å². The van der Waals surface area contributed by atoms with Gasteiger partial charge in [-0.3, -0.25) is 0 Å². The number of benzene rings is 2. The van der Waals surface area contributed by atoms with Crippen molar-refractivity contribution in [3.05, 3.63) is 60.2 Å². The molecule has 3 aromatic rings. The number of aromatic hydroxyl groups is 1. The highest BCUT2D eigenvalue weighted by atomic mass is 32.2. The Bertz CT molecular complexity index is 824. The minimum atomic E-state index is 0.191. The van der Waals surface area contributed by atoms with E-state index in [1.54, 1.807) is 18.2 Å². The number of pyridine rings is 1. The summed E-state index contributed by atoms with van der Waals surface area (Å²) in [5, 5.41) is 20.6. The van der Waals surface area contributed by atoms with E-state index in [1.165, 1.54) is 11.8 Å². The summed E-state index contributed by atoms with van der Waals surface area (Å²) in [4.78, 5) is 5.20. The summed E-state index contributed by atoms with van der Waals surface area (Å²) in [6.45, 7) is 0. The predicted molar refractivity (Wildman–Crippen MR) is 78.7 cm³/mol. The molecule has 0 aliphatic heterocycles. The molecule has 0 aliphatic rings. The molecule has 0 aliphatic carbocycles. The number of rotatable bonds is 2. The number of fused-ring (bicyclic) bond motifs is 1. The van der Waals surface area contributed by atoms with Crippen LogP contribution in [0.2, 0.25) is 0 Å². The fourth-order valence-electron chi connectivity index (χ4n) is 1.90. The number of phenolic OH excluding ortho intramolecular Hbond substituents is 1. The van der Waals surface area contributed by atoms with Crippen LogP contribution >= 0.6 is 11.8 Å². The third kappa shape index (κ3) is 2.31. The Morgan fingerprint density at radius 3 is 2.60 bits per heavy atom. The topological polar surface area (TPSA) is 56.9 Å². The maximum Gasteiger partial charge on any atom is 0.129 e. The third-order valence-electron chi connectivity index (χ3n) is 2.88. The quantitative estimate of drug-likeness (QED) is 0.770. The van der Waals surface area contributed by atoms with Crippen LogP contribution in [0.3, 0.4) is 0 Å². The Labute approximate surface area is 120 Å². The normalized spacial score (nSPS) is 10.3. The number of nitriles is 1. The van der Waals surface area contributed by atoms with E-state index in [-0.39, 0.29) is 5.75 Å². The predicted octanol–water partition coefficient (Wildman–Crippen LogP) is 3.96. The molecule has 2 aromatic carbocycles. The van der Waals surface area contributed by atoms with Gasteiger partial charge < -0.3 is 5.11 Å². The van der Waals surface area contributed by atoms with Gasteiger partial charge in [-0.15, -0.1) is 0 Å². The van der Waals surface area contributed by atoms with Gasteiger partial charge in [0.25, 0.3) is 0 Å². The molecule has 96 valence electrons. The second-order valence-corrected chi connectivity index (χ2v) is 5.25. The fraction of sp³-hybridized carbons (Fsp3) is 0. The molecule has 0 saturated carbocycles. The highest BCUT2D eigenvalue weighted by molar-refractivity contribution is 7.99. The first kappa shape index (κ1) is 12.5. The van der Waals surface area contributed by atoms with Crippen molar-refractivity contribution in [2.45, 2.75) is 9.92 Å². The third-order valence-corrected chi connectivity index (χ3v) is 3.95. The van der Waals surface area contributed by atoms with Crippen molar-refractivity contribution < 1.29 is 5.11 Å². The Morgan fingerprint density at radius 1 is 1.05 bits per heavy atom. The lowest BCUT2D eigenvalue weighted by atomic mass is 10.2. The summed E-state index contributed by atoms with van der Waals surface area (Å²) >= 11 is 1.30. The molecule has 0 amide bonds. The first-order chi connectivity index (χ1) is 9.78. The van der Waals surface area contributed by atoms with Crippen LogP contribution in [-0.2, 0) is 0 Å². The Morgan fingerprint density at radius 2 is 1.80 bits per heavy atom. The van der Waals surface area contributed by atoms with Gasteiger partial charge in [0.05, 0.1) is 16.0 Å².